The standard InChI is InChI=1S/C43H42O23/c44-14-28(52)37-39(65-33(54)6-2-16-1-4-21(45)23(47)7-16)31(13-32(63-37)41(58)59)64-43(61)35-20(42(60)66-38-30(12-27(51)40(56)57)62-15-29(53)36(38)55)8-18-10-25(49)26(50)11-19(18)34(35)17-3-5-22(46)24(48)9-17/h1-11,13,27-31,34-39,44-53,55H,12,14-15H2,(H,56,57)(H,58,59)/b6-2-/t27-,28+,29+,30-,31-,34+,35-,36+,37+,38+,39-/m1/s1. The summed E-state index contributed by atoms with van der Waals surface area (Å²) in [7, 11) is 0. The number of phenolic OH excluding ortho intramolecular Hbond substituents is 6. The van der Waals surface area contributed by atoms with Gasteiger partial charge in [0.1, 0.15) is 24.4 Å². The van der Waals surface area contributed by atoms with Gasteiger partial charge in [-0.25, -0.2) is 19.2 Å². The fourth-order valence-corrected chi connectivity index (χ4v) is 7.52. The zero-order valence-corrected chi connectivity index (χ0v) is 33.8. The van der Waals surface area contributed by atoms with Gasteiger partial charge in [-0.3, -0.25) is 4.79 Å². The molecule has 0 unspecified atom stereocenters. The number of ether oxygens (including phenoxy) is 5. The third-order valence-electron chi connectivity index (χ3n) is 10.8. The molecule has 352 valence electrons. The average Bonchev–Trinajstić information content (AvgIpc) is 3.27. The van der Waals surface area contributed by atoms with E-state index in [1.54, 1.807) is 0 Å². The molecule has 1 saturated heterocycles. The van der Waals surface area contributed by atoms with E-state index in [0.29, 0.717) is 6.08 Å². The highest BCUT2D eigenvalue weighted by molar-refractivity contribution is 6.02. The van der Waals surface area contributed by atoms with E-state index in [0.717, 1.165) is 54.6 Å². The third kappa shape index (κ3) is 10.3. The number of aliphatic hydroxyl groups excluding tert-OH is 5. The van der Waals surface area contributed by atoms with E-state index in [1.165, 1.54) is 12.1 Å². The molecule has 66 heavy (non-hydrogen) atoms. The van der Waals surface area contributed by atoms with Gasteiger partial charge in [0, 0.05) is 24.5 Å². The van der Waals surface area contributed by atoms with E-state index in [1.807, 2.05) is 0 Å². The van der Waals surface area contributed by atoms with Crippen molar-refractivity contribution in [2.45, 2.75) is 67.3 Å². The zero-order valence-electron chi connectivity index (χ0n) is 33.8. The smallest absolute Gasteiger partial charge is 0.370 e. The maximum atomic E-state index is 15.0. The van der Waals surface area contributed by atoms with Crippen LogP contribution in [0.15, 0.2) is 72.0 Å². The van der Waals surface area contributed by atoms with Crippen LogP contribution < -0.4 is 0 Å². The maximum absolute atomic E-state index is 15.0. The molecule has 13 N–H and O–H groups in total. The third-order valence-corrected chi connectivity index (χ3v) is 10.8. The first kappa shape index (κ1) is 48.1. The lowest BCUT2D eigenvalue weighted by Gasteiger charge is -2.40. The van der Waals surface area contributed by atoms with Gasteiger partial charge in [-0.05, 0) is 70.8 Å². The molecule has 1 aliphatic carbocycles. The number of carbonyl (C=O) groups excluding carboxylic acids is 3. The number of esters is 3. The summed E-state index contributed by atoms with van der Waals surface area (Å²) in [6, 6.07) is 8.53. The van der Waals surface area contributed by atoms with Crippen LogP contribution in [0.3, 0.4) is 0 Å². The van der Waals surface area contributed by atoms with Crippen molar-refractivity contribution in [2.24, 2.45) is 5.92 Å². The van der Waals surface area contributed by atoms with Crippen molar-refractivity contribution < 1.29 is 114 Å². The summed E-state index contributed by atoms with van der Waals surface area (Å²) < 4.78 is 27.7. The van der Waals surface area contributed by atoms with Crippen LogP contribution in [0.5, 0.6) is 34.5 Å². The van der Waals surface area contributed by atoms with Crippen LogP contribution in [-0.2, 0) is 47.7 Å². The number of rotatable bonds is 14. The van der Waals surface area contributed by atoms with Gasteiger partial charge in [0.15, 0.2) is 65.0 Å². The van der Waals surface area contributed by atoms with Gasteiger partial charge in [-0.2, -0.15) is 0 Å². The number of aromatic hydroxyl groups is 6. The number of hydrogen-bond donors (Lipinski definition) is 13. The van der Waals surface area contributed by atoms with Crippen LogP contribution in [0, 0.1) is 5.92 Å². The zero-order chi connectivity index (χ0) is 48.3. The molecule has 11 atom stereocenters. The van der Waals surface area contributed by atoms with E-state index < -0.39 is 162 Å². The van der Waals surface area contributed by atoms with E-state index in [-0.39, 0.29) is 22.3 Å². The molecule has 2 aliphatic heterocycles. The van der Waals surface area contributed by atoms with E-state index in [2.05, 4.69) is 0 Å². The first-order chi connectivity index (χ1) is 31.2. The number of carboxylic acids is 2. The molecule has 0 aromatic heterocycles. The second kappa shape index (κ2) is 19.8. The second-order valence-electron chi connectivity index (χ2n) is 15.2. The van der Waals surface area contributed by atoms with Crippen molar-refractivity contribution in [1.29, 1.82) is 0 Å². The molecule has 1 fully saturated rings. The molecule has 23 nitrogen and oxygen atoms in total. The van der Waals surface area contributed by atoms with Crippen LogP contribution in [0.1, 0.15) is 34.6 Å². The minimum absolute atomic E-state index is 0.0662. The van der Waals surface area contributed by atoms with Gasteiger partial charge in [-0.1, -0.05) is 12.1 Å². The molecule has 0 radical (unpaired) electrons. The number of aliphatic hydroxyl groups is 5. The fraction of sp³-hybridized carbons (Fsp3) is 0.326. The highest BCUT2D eigenvalue weighted by Crippen LogP contribution is 2.48. The number of phenols is 6. The van der Waals surface area contributed by atoms with E-state index in [4.69, 9.17) is 23.7 Å². The van der Waals surface area contributed by atoms with Crippen molar-refractivity contribution in [2.75, 3.05) is 13.2 Å². The summed E-state index contributed by atoms with van der Waals surface area (Å²) in [5.74, 6) is -16.5. The first-order valence-corrected chi connectivity index (χ1v) is 19.6. The second-order valence-corrected chi connectivity index (χ2v) is 15.2. The minimum atomic E-state index is -2.13. The Labute approximate surface area is 370 Å². The summed E-state index contributed by atoms with van der Waals surface area (Å²) in [4.78, 5) is 66.6. The number of benzene rings is 3. The molecule has 0 bridgehead atoms. The van der Waals surface area contributed by atoms with Crippen molar-refractivity contribution >= 4 is 42.0 Å². The molecular weight excluding hydrogens is 884 g/mol. The van der Waals surface area contributed by atoms with Gasteiger partial charge in [0.2, 0.25) is 5.76 Å². The molecule has 0 amide bonds. The van der Waals surface area contributed by atoms with Crippen LogP contribution in [-0.4, -0.2) is 164 Å². The Morgan fingerprint density at radius 2 is 1.44 bits per heavy atom. The van der Waals surface area contributed by atoms with Crippen LogP contribution >= 0.6 is 0 Å². The van der Waals surface area contributed by atoms with Crippen molar-refractivity contribution in [3.05, 3.63) is 94.3 Å². The first-order valence-electron chi connectivity index (χ1n) is 19.6. The number of hydrogen-bond acceptors (Lipinski definition) is 21. The van der Waals surface area contributed by atoms with Crippen LogP contribution in [0.4, 0.5) is 0 Å². The predicted molar refractivity (Wildman–Crippen MR) is 215 cm³/mol. The summed E-state index contributed by atoms with van der Waals surface area (Å²) >= 11 is 0. The molecule has 3 aliphatic rings. The maximum Gasteiger partial charge on any atom is 0.370 e. The van der Waals surface area contributed by atoms with Gasteiger partial charge in [-0.15, -0.1) is 0 Å². The lowest BCUT2D eigenvalue weighted by molar-refractivity contribution is -0.211. The lowest BCUT2D eigenvalue weighted by atomic mass is 9.71. The summed E-state index contributed by atoms with van der Waals surface area (Å²) in [5, 5.41) is 133. The molecule has 3 aromatic carbocycles. The molecule has 6 rings (SSSR count). The summed E-state index contributed by atoms with van der Waals surface area (Å²) in [6.45, 7) is -1.73. The number of carboxylic acid groups (broad SMARTS) is 2. The summed E-state index contributed by atoms with van der Waals surface area (Å²) in [5.41, 5.74) is -0.834. The van der Waals surface area contributed by atoms with Crippen molar-refractivity contribution in [3.8, 4) is 34.5 Å². The monoisotopic (exact) mass is 926 g/mol. The minimum Gasteiger partial charge on any atom is -0.504 e. The molecule has 3 aromatic rings. The Morgan fingerprint density at radius 1 is 0.788 bits per heavy atom. The number of aliphatic carboxylic acids is 2. The summed E-state index contributed by atoms with van der Waals surface area (Å²) in [6.07, 6.45) is -14.8. The Balaban J connectivity index is 1.47. The quantitative estimate of drug-likeness (QED) is 0.0407. The van der Waals surface area contributed by atoms with Crippen molar-refractivity contribution in [1.82, 2.24) is 0 Å². The fourth-order valence-electron chi connectivity index (χ4n) is 7.52. The average molecular weight is 927 g/mol. The Morgan fingerprint density at radius 3 is 2.08 bits per heavy atom. The molecule has 23 heteroatoms. The van der Waals surface area contributed by atoms with E-state index in [9.17, 15) is 90.4 Å². The predicted octanol–water partition coefficient (Wildman–Crippen LogP) is -0.809. The topological polar surface area (TPSA) is 394 Å². The number of fused-ring (bicyclic) bond motifs is 1. The van der Waals surface area contributed by atoms with Gasteiger partial charge >= 0.3 is 29.8 Å². The van der Waals surface area contributed by atoms with Crippen LogP contribution in [0.2, 0.25) is 0 Å². The van der Waals surface area contributed by atoms with Crippen molar-refractivity contribution in [3.63, 3.8) is 0 Å². The van der Waals surface area contributed by atoms with Gasteiger partial charge < -0.3 is 90.1 Å². The largest absolute Gasteiger partial charge is 0.504 e. The molecule has 0 saturated carbocycles. The molecular formula is C43H42O23. The number of carbonyl (C=O) groups is 5. The highest BCUT2D eigenvalue weighted by Gasteiger charge is 2.50. The Hall–Kier alpha value is -7.41. The normalized spacial score (nSPS) is 25.8. The van der Waals surface area contributed by atoms with Gasteiger partial charge in [0.05, 0.1) is 24.7 Å². The Kier molecular flexibility index (Phi) is 14.4. The molecule has 2 heterocycles. The lowest BCUT2D eigenvalue weighted by Crippen LogP contribution is -2.56. The molecule has 0 spiro atoms. The van der Waals surface area contributed by atoms with Gasteiger partial charge in [0.25, 0.3) is 0 Å². The van der Waals surface area contributed by atoms with E-state index >= 15 is 0 Å². The SMILES string of the molecule is O=C(/C=C\c1ccc(O)c(O)c1)O[C@H]1[C@H]([C@@H](O)CO)OC(C(=O)O)=C[C@H]1OC(=O)[C@@H]1C(C(=O)O[C@@H]2[C@@H](O)[C@@H](O)CO[C@@H]2C[C@@H](O)C(=O)O)=Cc2cc(O)c(O)cc2[C@@H]1c1ccc(O)c(O)c1. The highest BCUT2D eigenvalue weighted by atomic mass is 16.6. The van der Waals surface area contributed by atoms with Crippen LogP contribution in [0.25, 0.3) is 12.2 Å². The Bertz CT molecular complexity index is 2480.